The van der Waals surface area contributed by atoms with Crippen LogP contribution in [0.5, 0.6) is 5.75 Å². The van der Waals surface area contributed by atoms with Crippen LogP contribution in [0, 0.1) is 0 Å². The fourth-order valence-electron chi connectivity index (χ4n) is 2.35. The number of ether oxygens (including phenoxy) is 1. The summed E-state index contributed by atoms with van der Waals surface area (Å²) in [7, 11) is -3.60. The van der Waals surface area contributed by atoms with Gasteiger partial charge in [0.15, 0.2) is 6.61 Å². The molecule has 146 valence electrons. The van der Waals surface area contributed by atoms with E-state index in [-0.39, 0.29) is 17.4 Å². The minimum atomic E-state index is -3.60. The molecule has 0 aromatic heterocycles. The van der Waals surface area contributed by atoms with Crippen LogP contribution in [-0.4, -0.2) is 26.5 Å². The van der Waals surface area contributed by atoms with Crippen LogP contribution < -0.4 is 14.8 Å². The molecule has 0 aliphatic rings. The highest BCUT2D eigenvalue weighted by atomic mass is 32.2. The molecule has 2 rings (SSSR count). The van der Waals surface area contributed by atoms with Crippen molar-refractivity contribution in [1.29, 1.82) is 0 Å². The van der Waals surface area contributed by atoms with Gasteiger partial charge in [-0.3, -0.25) is 4.79 Å². The predicted octanol–water partition coefficient (Wildman–Crippen LogP) is 3.34. The highest BCUT2D eigenvalue weighted by Gasteiger charge is 2.21. The number of hydrogen-bond acceptors (Lipinski definition) is 4. The molecule has 0 fully saturated rings. The second-order valence-corrected chi connectivity index (χ2v) is 8.90. The highest BCUT2D eigenvalue weighted by Crippen LogP contribution is 2.17. The zero-order valence-corrected chi connectivity index (χ0v) is 16.9. The van der Waals surface area contributed by atoms with Crippen molar-refractivity contribution in [2.24, 2.45) is 0 Å². The molecule has 2 aromatic rings. The standard InChI is InChI=1S/C20H26N2O4S/c1-5-15-6-10-17(11-7-15)26-14-19(23)21-16-8-12-18(13-9-16)27(24,25)22-20(2,3)4/h6-13,22H,5,14H2,1-4H3,(H,21,23). The normalized spacial score (nSPS) is 11.9. The van der Waals surface area contributed by atoms with E-state index in [2.05, 4.69) is 17.0 Å². The van der Waals surface area contributed by atoms with Crippen LogP contribution >= 0.6 is 0 Å². The number of aryl methyl sites for hydroxylation is 1. The van der Waals surface area contributed by atoms with Crippen LogP contribution in [0.1, 0.15) is 33.3 Å². The van der Waals surface area contributed by atoms with Crippen LogP contribution in [0.15, 0.2) is 53.4 Å². The molecular weight excluding hydrogens is 364 g/mol. The van der Waals surface area contributed by atoms with Gasteiger partial charge in [-0.1, -0.05) is 19.1 Å². The van der Waals surface area contributed by atoms with Gasteiger partial charge in [-0.25, -0.2) is 13.1 Å². The number of carbonyl (C=O) groups is 1. The first-order valence-corrected chi connectivity index (χ1v) is 10.2. The summed E-state index contributed by atoms with van der Waals surface area (Å²) in [5, 5.41) is 2.68. The van der Waals surface area contributed by atoms with E-state index in [4.69, 9.17) is 4.74 Å². The van der Waals surface area contributed by atoms with E-state index in [0.717, 1.165) is 6.42 Å². The number of rotatable bonds is 7. The van der Waals surface area contributed by atoms with Crippen molar-refractivity contribution in [3.8, 4) is 5.75 Å². The number of carbonyl (C=O) groups excluding carboxylic acids is 1. The van der Waals surface area contributed by atoms with Crippen LogP contribution in [0.4, 0.5) is 5.69 Å². The summed E-state index contributed by atoms with van der Waals surface area (Å²) in [4.78, 5) is 12.2. The molecule has 0 saturated carbocycles. The van der Waals surface area contributed by atoms with E-state index in [1.54, 1.807) is 32.9 Å². The number of anilines is 1. The van der Waals surface area contributed by atoms with Gasteiger partial charge in [-0.05, 0) is 69.2 Å². The van der Waals surface area contributed by atoms with Gasteiger partial charge in [-0.15, -0.1) is 0 Å². The van der Waals surface area contributed by atoms with E-state index in [1.165, 1.54) is 17.7 Å². The lowest BCUT2D eigenvalue weighted by Gasteiger charge is -2.20. The molecule has 0 heterocycles. The SMILES string of the molecule is CCc1ccc(OCC(=O)Nc2ccc(S(=O)(=O)NC(C)(C)C)cc2)cc1. The Morgan fingerprint density at radius 1 is 1.00 bits per heavy atom. The number of hydrogen-bond donors (Lipinski definition) is 2. The van der Waals surface area contributed by atoms with Gasteiger partial charge in [0, 0.05) is 11.2 Å². The summed E-state index contributed by atoms with van der Waals surface area (Å²) in [6, 6.07) is 13.6. The molecule has 0 radical (unpaired) electrons. The Hall–Kier alpha value is -2.38. The van der Waals surface area contributed by atoms with Gasteiger partial charge in [0.1, 0.15) is 5.75 Å². The number of nitrogens with one attached hydrogen (secondary N) is 2. The monoisotopic (exact) mass is 390 g/mol. The Labute approximate surface area is 161 Å². The fourth-order valence-corrected chi connectivity index (χ4v) is 3.77. The Kier molecular flexibility index (Phi) is 6.62. The maximum absolute atomic E-state index is 12.3. The lowest BCUT2D eigenvalue weighted by atomic mass is 10.1. The third kappa shape index (κ3) is 6.69. The van der Waals surface area contributed by atoms with Crippen LogP contribution in [0.2, 0.25) is 0 Å². The second-order valence-electron chi connectivity index (χ2n) is 7.21. The fraction of sp³-hybridized carbons (Fsp3) is 0.350. The Balaban J connectivity index is 1.92. The average molecular weight is 391 g/mol. The van der Waals surface area contributed by atoms with Crippen molar-refractivity contribution in [2.75, 3.05) is 11.9 Å². The number of benzene rings is 2. The van der Waals surface area contributed by atoms with Crippen LogP contribution in [0.3, 0.4) is 0 Å². The summed E-state index contributed by atoms with van der Waals surface area (Å²) in [5.74, 6) is 0.301. The van der Waals surface area contributed by atoms with Gasteiger partial charge in [-0.2, -0.15) is 0 Å². The first-order chi connectivity index (χ1) is 12.6. The first kappa shape index (κ1) is 20.9. The van der Waals surface area contributed by atoms with Crippen molar-refractivity contribution >= 4 is 21.6 Å². The van der Waals surface area contributed by atoms with Crippen LogP contribution in [0.25, 0.3) is 0 Å². The predicted molar refractivity (Wildman–Crippen MR) is 106 cm³/mol. The zero-order chi connectivity index (χ0) is 20.1. The van der Waals surface area contributed by atoms with Crippen molar-refractivity contribution in [3.63, 3.8) is 0 Å². The Morgan fingerprint density at radius 3 is 2.11 bits per heavy atom. The third-order valence-electron chi connectivity index (χ3n) is 3.59. The Bertz CT molecular complexity index is 868. The Morgan fingerprint density at radius 2 is 1.59 bits per heavy atom. The molecule has 27 heavy (non-hydrogen) atoms. The molecule has 1 amide bonds. The van der Waals surface area contributed by atoms with Gasteiger partial charge >= 0.3 is 0 Å². The smallest absolute Gasteiger partial charge is 0.262 e. The third-order valence-corrected chi connectivity index (χ3v) is 5.36. The van der Waals surface area contributed by atoms with E-state index >= 15 is 0 Å². The maximum Gasteiger partial charge on any atom is 0.262 e. The van der Waals surface area contributed by atoms with E-state index in [1.807, 2.05) is 24.3 Å². The van der Waals surface area contributed by atoms with Crippen molar-refractivity contribution in [2.45, 2.75) is 44.6 Å². The maximum atomic E-state index is 12.3. The summed E-state index contributed by atoms with van der Waals surface area (Å²) in [6.07, 6.45) is 0.942. The average Bonchev–Trinajstić information content (AvgIpc) is 2.59. The van der Waals surface area contributed by atoms with Gasteiger partial charge in [0.05, 0.1) is 4.90 Å². The van der Waals surface area contributed by atoms with Gasteiger partial charge in [0.25, 0.3) is 5.91 Å². The molecule has 0 bridgehead atoms. The van der Waals surface area contributed by atoms with Crippen LogP contribution in [-0.2, 0) is 21.2 Å². The molecule has 0 saturated heterocycles. The zero-order valence-electron chi connectivity index (χ0n) is 16.1. The summed E-state index contributed by atoms with van der Waals surface area (Å²) >= 11 is 0. The summed E-state index contributed by atoms with van der Waals surface area (Å²) < 4.78 is 32.6. The van der Waals surface area contributed by atoms with Crippen molar-refractivity contribution in [3.05, 3.63) is 54.1 Å². The lowest BCUT2D eigenvalue weighted by Crippen LogP contribution is -2.40. The molecule has 0 aliphatic carbocycles. The largest absolute Gasteiger partial charge is 0.484 e. The van der Waals surface area contributed by atoms with E-state index in [9.17, 15) is 13.2 Å². The molecule has 0 spiro atoms. The molecule has 6 nitrogen and oxygen atoms in total. The number of sulfonamides is 1. The first-order valence-electron chi connectivity index (χ1n) is 8.75. The molecule has 2 N–H and O–H groups in total. The molecular formula is C20H26N2O4S. The lowest BCUT2D eigenvalue weighted by molar-refractivity contribution is -0.118. The minimum Gasteiger partial charge on any atom is -0.484 e. The van der Waals surface area contributed by atoms with Crippen molar-refractivity contribution in [1.82, 2.24) is 4.72 Å². The van der Waals surface area contributed by atoms with Gasteiger partial charge < -0.3 is 10.1 Å². The molecule has 0 unspecified atom stereocenters. The summed E-state index contributed by atoms with van der Waals surface area (Å²) in [6.45, 7) is 7.26. The molecule has 0 atom stereocenters. The van der Waals surface area contributed by atoms with Crippen molar-refractivity contribution < 1.29 is 17.9 Å². The van der Waals surface area contributed by atoms with Gasteiger partial charge in [0.2, 0.25) is 10.0 Å². The number of amides is 1. The van der Waals surface area contributed by atoms with E-state index in [0.29, 0.717) is 11.4 Å². The topological polar surface area (TPSA) is 84.5 Å². The summed E-state index contributed by atoms with van der Waals surface area (Å²) in [5.41, 5.74) is 1.13. The minimum absolute atomic E-state index is 0.128. The van der Waals surface area contributed by atoms with E-state index < -0.39 is 15.6 Å². The second kappa shape index (κ2) is 8.54. The quantitative estimate of drug-likeness (QED) is 0.759. The molecule has 2 aromatic carbocycles. The molecule has 0 aliphatic heterocycles. The molecule has 7 heteroatoms. The highest BCUT2D eigenvalue weighted by molar-refractivity contribution is 7.89.